The van der Waals surface area contributed by atoms with Gasteiger partial charge in [-0.2, -0.15) is 0 Å². The molecule has 0 aliphatic carbocycles. The van der Waals surface area contributed by atoms with Gasteiger partial charge < -0.3 is 15.8 Å². The molecule has 0 aliphatic rings. The van der Waals surface area contributed by atoms with Gasteiger partial charge in [0.15, 0.2) is 0 Å². The first-order chi connectivity index (χ1) is 8.15. The molecule has 1 aromatic rings. The van der Waals surface area contributed by atoms with E-state index in [9.17, 15) is 4.79 Å². The lowest BCUT2D eigenvalue weighted by atomic mass is 10.1. The van der Waals surface area contributed by atoms with Crippen molar-refractivity contribution in [3.63, 3.8) is 0 Å². The number of amides is 1. The van der Waals surface area contributed by atoms with E-state index in [-0.39, 0.29) is 11.8 Å². The number of nitrogens with two attached hydrogens (primary N) is 1. The average molecular weight is 236 g/mol. The quantitative estimate of drug-likeness (QED) is 0.782. The predicted molar refractivity (Wildman–Crippen MR) is 67.7 cm³/mol. The maximum Gasteiger partial charge on any atom is 0.220 e. The first-order valence-corrected chi connectivity index (χ1v) is 5.75. The van der Waals surface area contributed by atoms with E-state index in [4.69, 9.17) is 10.5 Å². The highest BCUT2D eigenvalue weighted by atomic mass is 16.5. The van der Waals surface area contributed by atoms with Crippen LogP contribution >= 0.6 is 0 Å². The van der Waals surface area contributed by atoms with Gasteiger partial charge in [-0.3, -0.25) is 4.79 Å². The van der Waals surface area contributed by atoms with E-state index in [2.05, 4.69) is 5.32 Å². The Morgan fingerprint density at radius 1 is 1.53 bits per heavy atom. The smallest absolute Gasteiger partial charge is 0.220 e. The number of carbonyl (C=O) groups excluding carboxylic acids is 1. The van der Waals surface area contributed by atoms with Crippen LogP contribution in [0.2, 0.25) is 0 Å². The topological polar surface area (TPSA) is 64.3 Å². The van der Waals surface area contributed by atoms with E-state index >= 15 is 0 Å². The third kappa shape index (κ3) is 4.87. The molecule has 3 N–H and O–H groups in total. The lowest BCUT2D eigenvalue weighted by Gasteiger charge is -2.09. The van der Waals surface area contributed by atoms with Crippen molar-refractivity contribution in [2.75, 3.05) is 13.7 Å². The Bertz CT molecular complexity index is 366. The normalized spacial score (nSPS) is 11.9. The summed E-state index contributed by atoms with van der Waals surface area (Å²) in [5.41, 5.74) is 6.49. The predicted octanol–water partition coefficient (Wildman–Crippen LogP) is 1.30. The number of hydrogen-bond acceptors (Lipinski definition) is 3. The Labute approximate surface area is 102 Å². The van der Waals surface area contributed by atoms with Crippen LogP contribution in [-0.4, -0.2) is 19.6 Å². The Morgan fingerprint density at radius 2 is 2.29 bits per heavy atom. The van der Waals surface area contributed by atoms with Gasteiger partial charge in [0.05, 0.1) is 7.11 Å². The molecular formula is C13H20N2O2. The Kier molecular flexibility index (Phi) is 5.49. The number of ether oxygens (including phenoxy) is 1. The largest absolute Gasteiger partial charge is 0.497 e. The number of hydrogen-bond donors (Lipinski definition) is 2. The van der Waals surface area contributed by atoms with Crippen LogP contribution in [0.4, 0.5) is 0 Å². The van der Waals surface area contributed by atoms with Crippen LogP contribution in [-0.2, 0) is 11.3 Å². The van der Waals surface area contributed by atoms with E-state index in [1.165, 1.54) is 0 Å². The Hall–Kier alpha value is -1.55. The molecule has 1 aromatic carbocycles. The van der Waals surface area contributed by atoms with Gasteiger partial charge in [0.25, 0.3) is 0 Å². The summed E-state index contributed by atoms with van der Waals surface area (Å²) in [5, 5.41) is 2.87. The van der Waals surface area contributed by atoms with Crippen LogP contribution in [0.15, 0.2) is 24.3 Å². The molecule has 0 fully saturated rings. The molecule has 94 valence electrons. The number of benzene rings is 1. The summed E-state index contributed by atoms with van der Waals surface area (Å²) < 4.78 is 5.11. The van der Waals surface area contributed by atoms with Gasteiger partial charge in [-0.25, -0.2) is 0 Å². The molecule has 4 heteroatoms. The second-order valence-corrected chi connectivity index (χ2v) is 4.17. The molecule has 0 aliphatic heterocycles. The number of methoxy groups -OCH3 is 1. The zero-order valence-corrected chi connectivity index (χ0v) is 10.4. The molecule has 0 aromatic heterocycles. The zero-order chi connectivity index (χ0) is 12.7. The van der Waals surface area contributed by atoms with Crippen molar-refractivity contribution in [2.45, 2.75) is 19.9 Å². The Morgan fingerprint density at radius 3 is 2.94 bits per heavy atom. The molecule has 0 heterocycles. The fraction of sp³-hybridized carbons (Fsp3) is 0.462. The molecule has 0 saturated carbocycles. The molecular weight excluding hydrogens is 216 g/mol. The second-order valence-electron chi connectivity index (χ2n) is 4.17. The first-order valence-electron chi connectivity index (χ1n) is 5.75. The molecule has 0 spiro atoms. The Balaban J connectivity index is 2.41. The SMILES string of the molecule is COc1cccc(CNC(=O)CC(C)CN)c1. The van der Waals surface area contributed by atoms with Gasteiger partial charge in [0.2, 0.25) is 5.91 Å². The summed E-state index contributed by atoms with van der Waals surface area (Å²) in [7, 11) is 1.63. The summed E-state index contributed by atoms with van der Waals surface area (Å²) >= 11 is 0. The molecule has 4 nitrogen and oxygen atoms in total. The van der Waals surface area contributed by atoms with Crippen molar-refractivity contribution >= 4 is 5.91 Å². The van der Waals surface area contributed by atoms with Gasteiger partial charge >= 0.3 is 0 Å². The second kappa shape index (κ2) is 6.91. The molecule has 17 heavy (non-hydrogen) atoms. The van der Waals surface area contributed by atoms with E-state index in [0.29, 0.717) is 19.5 Å². The zero-order valence-electron chi connectivity index (χ0n) is 10.4. The highest BCUT2D eigenvalue weighted by molar-refractivity contribution is 5.76. The minimum absolute atomic E-state index is 0.0331. The average Bonchev–Trinajstić information content (AvgIpc) is 2.36. The summed E-state index contributed by atoms with van der Waals surface area (Å²) in [6.07, 6.45) is 0.473. The van der Waals surface area contributed by atoms with Crippen molar-refractivity contribution in [1.82, 2.24) is 5.32 Å². The number of rotatable bonds is 6. The van der Waals surface area contributed by atoms with Gasteiger partial charge in [-0.05, 0) is 30.2 Å². The van der Waals surface area contributed by atoms with Gasteiger partial charge in [0, 0.05) is 13.0 Å². The van der Waals surface area contributed by atoms with Crippen molar-refractivity contribution in [1.29, 1.82) is 0 Å². The van der Waals surface area contributed by atoms with E-state index in [1.807, 2.05) is 31.2 Å². The highest BCUT2D eigenvalue weighted by Crippen LogP contribution is 2.12. The lowest BCUT2D eigenvalue weighted by Crippen LogP contribution is -2.26. The van der Waals surface area contributed by atoms with Crippen LogP contribution < -0.4 is 15.8 Å². The summed E-state index contributed by atoms with van der Waals surface area (Å²) in [6.45, 7) is 3.02. The van der Waals surface area contributed by atoms with Crippen molar-refractivity contribution < 1.29 is 9.53 Å². The van der Waals surface area contributed by atoms with Gasteiger partial charge in [0.1, 0.15) is 5.75 Å². The van der Waals surface area contributed by atoms with Crippen LogP contribution in [0.1, 0.15) is 18.9 Å². The van der Waals surface area contributed by atoms with Crippen LogP contribution in [0.25, 0.3) is 0 Å². The van der Waals surface area contributed by atoms with Crippen LogP contribution in [0, 0.1) is 5.92 Å². The number of nitrogens with one attached hydrogen (secondary N) is 1. The molecule has 1 atom stereocenters. The highest BCUT2D eigenvalue weighted by Gasteiger charge is 2.07. The summed E-state index contributed by atoms with van der Waals surface area (Å²) in [4.78, 5) is 11.5. The van der Waals surface area contributed by atoms with Crippen molar-refractivity contribution in [2.24, 2.45) is 11.7 Å². The van der Waals surface area contributed by atoms with Gasteiger partial charge in [-0.15, -0.1) is 0 Å². The third-order valence-electron chi connectivity index (χ3n) is 2.56. The molecule has 1 rings (SSSR count). The van der Waals surface area contributed by atoms with Crippen LogP contribution in [0.5, 0.6) is 5.75 Å². The first kappa shape index (κ1) is 13.5. The molecule has 0 radical (unpaired) electrons. The van der Waals surface area contributed by atoms with Gasteiger partial charge in [-0.1, -0.05) is 19.1 Å². The molecule has 1 unspecified atom stereocenters. The van der Waals surface area contributed by atoms with E-state index in [1.54, 1.807) is 7.11 Å². The fourth-order valence-corrected chi connectivity index (χ4v) is 1.46. The summed E-state index contributed by atoms with van der Waals surface area (Å²) in [6, 6.07) is 7.65. The van der Waals surface area contributed by atoms with E-state index < -0.39 is 0 Å². The monoisotopic (exact) mass is 236 g/mol. The van der Waals surface area contributed by atoms with E-state index in [0.717, 1.165) is 11.3 Å². The maximum absolute atomic E-state index is 11.5. The minimum atomic E-state index is 0.0331. The van der Waals surface area contributed by atoms with Crippen molar-refractivity contribution in [3.8, 4) is 5.75 Å². The summed E-state index contributed by atoms with van der Waals surface area (Å²) in [5.74, 6) is 1.05. The van der Waals surface area contributed by atoms with Crippen molar-refractivity contribution in [3.05, 3.63) is 29.8 Å². The third-order valence-corrected chi connectivity index (χ3v) is 2.56. The minimum Gasteiger partial charge on any atom is -0.497 e. The molecule has 0 bridgehead atoms. The lowest BCUT2D eigenvalue weighted by molar-refractivity contribution is -0.122. The van der Waals surface area contributed by atoms with Crippen LogP contribution in [0.3, 0.4) is 0 Å². The molecule has 1 amide bonds. The maximum atomic E-state index is 11.5. The molecule has 0 saturated heterocycles. The number of carbonyl (C=O) groups is 1. The fourth-order valence-electron chi connectivity index (χ4n) is 1.46. The standard InChI is InChI=1S/C13H20N2O2/c1-10(8-14)6-13(16)15-9-11-4-3-5-12(7-11)17-2/h3-5,7,10H,6,8-9,14H2,1-2H3,(H,15,16).